The number of rotatable bonds is 6. The van der Waals surface area contributed by atoms with E-state index in [1.54, 1.807) is 0 Å². The fraction of sp³-hybridized carbons (Fsp3) is 0.593. The number of aryl methyl sites for hydroxylation is 2. The Hall–Kier alpha value is -3.07. The first kappa shape index (κ1) is 24.6. The van der Waals surface area contributed by atoms with E-state index in [4.69, 9.17) is 4.74 Å². The minimum Gasteiger partial charge on any atom is -0.466 e. The van der Waals surface area contributed by atoms with Crippen molar-refractivity contribution < 1.29 is 9.53 Å². The van der Waals surface area contributed by atoms with Crippen molar-refractivity contribution in [2.75, 3.05) is 19.7 Å². The van der Waals surface area contributed by atoms with Crippen molar-refractivity contribution >= 4 is 16.9 Å². The van der Waals surface area contributed by atoms with Gasteiger partial charge in [-0.2, -0.15) is 0 Å². The van der Waals surface area contributed by atoms with Crippen molar-refractivity contribution in [3.05, 3.63) is 51.1 Å². The fourth-order valence-electron chi connectivity index (χ4n) is 6.03. The lowest BCUT2D eigenvalue weighted by Crippen LogP contribution is -2.42. The summed E-state index contributed by atoms with van der Waals surface area (Å²) in [7, 11) is 0. The molecule has 0 radical (unpaired) electrons. The number of aromatic nitrogens is 5. The first-order valence-corrected chi connectivity index (χ1v) is 13.3. The molecular formula is C27H36N6O3. The van der Waals surface area contributed by atoms with Gasteiger partial charge in [0.15, 0.2) is 5.82 Å². The van der Waals surface area contributed by atoms with Crippen LogP contribution in [0.1, 0.15) is 86.5 Å². The zero-order valence-electron chi connectivity index (χ0n) is 21.5. The zero-order valence-corrected chi connectivity index (χ0v) is 21.5. The van der Waals surface area contributed by atoms with E-state index in [1.165, 1.54) is 6.42 Å². The molecule has 1 saturated heterocycles. The largest absolute Gasteiger partial charge is 0.466 e. The Kier molecular flexibility index (Phi) is 7.18. The summed E-state index contributed by atoms with van der Waals surface area (Å²) < 4.78 is 7.24. The molecule has 1 saturated carbocycles. The van der Waals surface area contributed by atoms with Crippen molar-refractivity contribution in [1.82, 2.24) is 30.1 Å². The van der Waals surface area contributed by atoms with Crippen LogP contribution in [-0.4, -0.2) is 55.8 Å². The Labute approximate surface area is 211 Å². The van der Waals surface area contributed by atoms with E-state index in [2.05, 4.69) is 44.5 Å². The van der Waals surface area contributed by atoms with Crippen LogP contribution in [0.5, 0.6) is 0 Å². The van der Waals surface area contributed by atoms with E-state index in [0.29, 0.717) is 43.9 Å². The van der Waals surface area contributed by atoms with Gasteiger partial charge in [0.25, 0.3) is 5.56 Å². The molecule has 2 aromatic heterocycles. The third-order valence-corrected chi connectivity index (χ3v) is 7.81. The molecule has 9 nitrogen and oxygen atoms in total. The van der Waals surface area contributed by atoms with Crippen LogP contribution < -0.4 is 5.56 Å². The second-order valence-electron chi connectivity index (χ2n) is 10.3. The number of benzene rings is 1. The number of piperidine rings is 1. The van der Waals surface area contributed by atoms with Gasteiger partial charge in [-0.05, 0) is 80.0 Å². The van der Waals surface area contributed by atoms with Crippen molar-refractivity contribution in [2.24, 2.45) is 5.92 Å². The number of hydrogen-bond donors (Lipinski definition) is 1. The molecule has 1 N–H and O–H groups in total. The number of nitrogens with one attached hydrogen (secondary N) is 1. The molecule has 36 heavy (non-hydrogen) atoms. The van der Waals surface area contributed by atoms with E-state index >= 15 is 0 Å². The van der Waals surface area contributed by atoms with Gasteiger partial charge in [-0.3, -0.25) is 14.5 Å². The lowest BCUT2D eigenvalue weighted by atomic mass is 9.92. The van der Waals surface area contributed by atoms with Crippen LogP contribution >= 0.6 is 0 Å². The average molecular weight is 493 g/mol. The number of nitrogens with zero attached hydrogens (tertiary/aromatic N) is 5. The number of pyridine rings is 1. The Morgan fingerprint density at radius 2 is 1.86 bits per heavy atom. The molecule has 1 aromatic carbocycles. The molecule has 3 aromatic rings. The Morgan fingerprint density at radius 1 is 1.11 bits per heavy atom. The maximum absolute atomic E-state index is 13.6. The van der Waals surface area contributed by atoms with Crippen LogP contribution in [0.25, 0.3) is 10.9 Å². The molecule has 3 heterocycles. The van der Waals surface area contributed by atoms with Crippen LogP contribution in [0.15, 0.2) is 23.0 Å². The molecule has 1 aliphatic carbocycles. The molecule has 1 aliphatic heterocycles. The van der Waals surface area contributed by atoms with Crippen LogP contribution in [-0.2, 0) is 9.53 Å². The topological polar surface area (TPSA) is 106 Å². The number of ether oxygens (including phenoxy) is 1. The van der Waals surface area contributed by atoms with Crippen LogP contribution in [0.4, 0.5) is 0 Å². The molecule has 0 unspecified atom stereocenters. The summed E-state index contributed by atoms with van der Waals surface area (Å²) in [6, 6.07) is 6.05. The van der Waals surface area contributed by atoms with Crippen molar-refractivity contribution in [3.63, 3.8) is 0 Å². The lowest BCUT2D eigenvalue weighted by Gasteiger charge is -2.36. The lowest BCUT2D eigenvalue weighted by molar-refractivity contribution is -0.149. The van der Waals surface area contributed by atoms with Crippen molar-refractivity contribution in [1.29, 1.82) is 0 Å². The highest BCUT2D eigenvalue weighted by Gasteiger charge is 2.36. The van der Waals surface area contributed by atoms with Gasteiger partial charge in [0.2, 0.25) is 0 Å². The summed E-state index contributed by atoms with van der Waals surface area (Å²) in [5, 5.41) is 14.0. The Balaban J connectivity index is 1.56. The van der Waals surface area contributed by atoms with Gasteiger partial charge in [-0.15, -0.1) is 5.10 Å². The summed E-state index contributed by atoms with van der Waals surface area (Å²) in [5.41, 5.74) is 3.59. The van der Waals surface area contributed by atoms with Gasteiger partial charge < -0.3 is 9.72 Å². The molecule has 0 spiro atoms. The SMILES string of the molecule is CCOC(=O)C1CCN([C@@H](c2cc3cc(C)cc(C)c3[nH]c2=O)c2nnnn2C2CCCCC2)CC1. The van der Waals surface area contributed by atoms with Crippen LogP contribution in [0.3, 0.4) is 0 Å². The molecule has 2 aliphatic rings. The van der Waals surface area contributed by atoms with E-state index < -0.39 is 0 Å². The number of hydrogen-bond acceptors (Lipinski definition) is 7. The molecular weight excluding hydrogens is 456 g/mol. The number of likely N-dealkylation sites (tertiary alicyclic amines) is 1. The van der Waals surface area contributed by atoms with Crippen molar-refractivity contribution in [2.45, 2.75) is 77.8 Å². The third kappa shape index (κ3) is 4.81. The summed E-state index contributed by atoms with van der Waals surface area (Å²) in [4.78, 5) is 31.3. The number of tetrazole rings is 1. The standard InChI is InChI=1S/C27H36N6O3/c1-4-36-27(35)19-10-12-32(13-11-19)24(25-29-30-31-33(25)21-8-6-5-7-9-21)22-16-20-15-17(2)14-18(3)23(20)28-26(22)34/h14-16,19,21,24H,4-13H2,1-3H3,(H,28,34)/t24-/m0/s1. The van der Waals surface area contributed by atoms with E-state index in [-0.39, 0.29) is 29.5 Å². The first-order chi connectivity index (χ1) is 17.5. The molecule has 1 atom stereocenters. The van der Waals surface area contributed by atoms with E-state index in [9.17, 15) is 9.59 Å². The van der Waals surface area contributed by atoms with Gasteiger partial charge in [-0.25, -0.2) is 4.68 Å². The summed E-state index contributed by atoms with van der Waals surface area (Å²) in [6.45, 7) is 7.64. The smallest absolute Gasteiger partial charge is 0.309 e. The second-order valence-corrected chi connectivity index (χ2v) is 10.3. The second kappa shape index (κ2) is 10.5. The molecule has 192 valence electrons. The van der Waals surface area contributed by atoms with E-state index in [0.717, 1.165) is 47.7 Å². The number of aromatic amines is 1. The first-order valence-electron chi connectivity index (χ1n) is 13.3. The number of carbonyl (C=O) groups excluding carboxylic acids is 1. The predicted molar refractivity (Wildman–Crippen MR) is 137 cm³/mol. The van der Waals surface area contributed by atoms with Crippen LogP contribution in [0, 0.1) is 19.8 Å². The number of carbonyl (C=O) groups is 1. The Morgan fingerprint density at radius 3 is 2.58 bits per heavy atom. The summed E-state index contributed by atoms with van der Waals surface area (Å²) in [6.07, 6.45) is 7.02. The highest BCUT2D eigenvalue weighted by Crippen LogP contribution is 2.35. The minimum atomic E-state index is -0.390. The molecule has 0 bridgehead atoms. The maximum atomic E-state index is 13.6. The van der Waals surface area contributed by atoms with Crippen LogP contribution in [0.2, 0.25) is 0 Å². The Bertz CT molecular complexity index is 1280. The summed E-state index contributed by atoms with van der Waals surface area (Å²) in [5.74, 6) is 0.470. The van der Waals surface area contributed by atoms with Gasteiger partial charge >= 0.3 is 5.97 Å². The van der Waals surface area contributed by atoms with Crippen molar-refractivity contribution in [3.8, 4) is 0 Å². The van der Waals surface area contributed by atoms with Gasteiger partial charge in [0.1, 0.15) is 6.04 Å². The predicted octanol–water partition coefficient (Wildman–Crippen LogP) is 4.00. The average Bonchev–Trinajstić information content (AvgIpc) is 3.36. The molecule has 5 rings (SSSR count). The maximum Gasteiger partial charge on any atom is 0.309 e. The van der Waals surface area contributed by atoms with Gasteiger partial charge in [0.05, 0.1) is 24.1 Å². The monoisotopic (exact) mass is 492 g/mol. The zero-order chi connectivity index (χ0) is 25.2. The third-order valence-electron chi connectivity index (χ3n) is 7.81. The fourth-order valence-corrected chi connectivity index (χ4v) is 6.03. The summed E-state index contributed by atoms with van der Waals surface area (Å²) >= 11 is 0. The molecule has 9 heteroatoms. The highest BCUT2D eigenvalue weighted by atomic mass is 16.5. The normalized spacial score (nSPS) is 19.0. The minimum absolute atomic E-state index is 0.114. The molecule has 2 fully saturated rings. The van der Waals surface area contributed by atoms with Gasteiger partial charge in [-0.1, -0.05) is 30.9 Å². The van der Waals surface area contributed by atoms with Gasteiger partial charge in [0, 0.05) is 18.7 Å². The number of esters is 1. The highest BCUT2D eigenvalue weighted by molar-refractivity contribution is 5.83. The van der Waals surface area contributed by atoms with E-state index in [1.807, 2.05) is 24.6 Å². The number of H-pyrrole nitrogens is 1. The molecule has 0 amide bonds. The number of fused-ring (bicyclic) bond motifs is 1. The quantitative estimate of drug-likeness (QED) is 0.518.